The molecule has 1 amide bonds. The molecule has 1 aliphatic heterocycles. The van der Waals surface area contributed by atoms with Crippen LogP contribution in [0.2, 0.25) is 0 Å². The second-order valence-electron chi connectivity index (χ2n) is 8.48. The molecular weight excluding hydrogens is 472 g/mol. The molecule has 2 heterocycles. The molecule has 1 fully saturated rings. The van der Waals surface area contributed by atoms with Gasteiger partial charge in [-0.3, -0.25) is 14.6 Å². The molecule has 0 spiro atoms. The van der Waals surface area contributed by atoms with Crippen molar-refractivity contribution in [3.05, 3.63) is 101 Å². The SMILES string of the molecule is C=CCOc1ccc(C(O)=C2C(=O)C(=O)N(Cc3cccnc3)[C@H]2c2ccc(OC)c(OC)c2)c(C)c1. The van der Waals surface area contributed by atoms with Crippen LogP contribution in [-0.2, 0) is 16.1 Å². The van der Waals surface area contributed by atoms with Crippen LogP contribution in [0.1, 0.15) is 28.3 Å². The summed E-state index contributed by atoms with van der Waals surface area (Å²) in [6, 6.07) is 13.0. The first-order chi connectivity index (χ1) is 17.9. The maximum atomic E-state index is 13.4. The molecule has 190 valence electrons. The van der Waals surface area contributed by atoms with Crippen LogP contribution in [0.5, 0.6) is 17.2 Å². The lowest BCUT2D eigenvalue weighted by Gasteiger charge is -2.26. The van der Waals surface area contributed by atoms with Gasteiger partial charge in [-0.1, -0.05) is 24.8 Å². The Morgan fingerprint density at radius 3 is 2.54 bits per heavy atom. The molecule has 1 saturated heterocycles. The summed E-state index contributed by atoms with van der Waals surface area (Å²) in [7, 11) is 3.03. The second-order valence-corrected chi connectivity index (χ2v) is 8.48. The maximum absolute atomic E-state index is 13.4. The number of Topliss-reactive ketones (excluding diaryl/α,β-unsaturated/α-hetero) is 1. The van der Waals surface area contributed by atoms with Crippen LogP contribution in [0.3, 0.4) is 0 Å². The monoisotopic (exact) mass is 500 g/mol. The van der Waals surface area contributed by atoms with Crippen molar-refractivity contribution in [1.29, 1.82) is 0 Å². The van der Waals surface area contributed by atoms with Gasteiger partial charge in [0.25, 0.3) is 11.7 Å². The van der Waals surface area contributed by atoms with Crippen LogP contribution in [0.15, 0.2) is 79.2 Å². The minimum absolute atomic E-state index is 0.0102. The van der Waals surface area contributed by atoms with Gasteiger partial charge in [0.1, 0.15) is 18.1 Å². The number of likely N-dealkylation sites (tertiary alicyclic amines) is 1. The van der Waals surface area contributed by atoms with Crippen molar-refractivity contribution in [3.63, 3.8) is 0 Å². The number of aliphatic hydroxyl groups excluding tert-OH is 1. The van der Waals surface area contributed by atoms with Crippen LogP contribution in [-0.4, -0.2) is 47.5 Å². The number of carbonyl (C=O) groups is 2. The molecule has 8 nitrogen and oxygen atoms in total. The molecule has 37 heavy (non-hydrogen) atoms. The molecule has 3 aromatic rings. The first kappa shape index (κ1) is 25.5. The van der Waals surface area contributed by atoms with Crippen LogP contribution in [0.4, 0.5) is 0 Å². The molecule has 0 aliphatic carbocycles. The van der Waals surface area contributed by atoms with Crippen LogP contribution in [0, 0.1) is 6.92 Å². The lowest BCUT2D eigenvalue weighted by molar-refractivity contribution is -0.140. The van der Waals surface area contributed by atoms with E-state index >= 15 is 0 Å². The Morgan fingerprint density at radius 1 is 1.11 bits per heavy atom. The standard InChI is InChI=1S/C29H28N2O6/c1-5-13-37-21-9-10-22(18(2)14-21)27(32)25-26(20-8-11-23(35-3)24(15-20)36-4)31(29(34)28(25)33)17-19-7-6-12-30-16-19/h5-12,14-16,26,32H,1,13,17H2,2-4H3/t26-/m0/s1. The van der Waals surface area contributed by atoms with E-state index in [9.17, 15) is 14.7 Å². The summed E-state index contributed by atoms with van der Waals surface area (Å²) < 4.78 is 16.4. The van der Waals surface area contributed by atoms with Crippen molar-refractivity contribution in [2.24, 2.45) is 0 Å². The zero-order valence-electron chi connectivity index (χ0n) is 20.9. The van der Waals surface area contributed by atoms with Crippen molar-refractivity contribution >= 4 is 17.4 Å². The number of hydrogen-bond acceptors (Lipinski definition) is 7. The predicted molar refractivity (Wildman–Crippen MR) is 139 cm³/mol. The fourth-order valence-corrected chi connectivity index (χ4v) is 4.39. The third kappa shape index (κ3) is 5.04. The highest BCUT2D eigenvalue weighted by Crippen LogP contribution is 2.43. The molecule has 1 aromatic heterocycles. The lowest BCUT2D eigenvalue weighted by Crippen LogP contribution is -2.29. The van der Waals surface area contributed by atoms with Gasteiger partial charge < -0.3 is 24.2 Å². The topological polar surface area (TPSA) is 98.2 Å². The molecule has 2 aromatic carbocycles. The van der Waals surface area contributed by atoms with Gasteiger partial charge in [-0.25, -0.2) is 0 Å². The summed E-state index contributed by atoms with van der Waals surface area (Å²) in [6.45, 7) is 5.90. The Bertz CT molecular complexity index is 1370. The van der Waals surface area contributed by atoms with Crippen molar-refractivity contribution in [2.75, 3.05) is 20.8 Å². The van der Waals surface area contributed by atoms with E-state index in [1.807, 2.05) is 6.07 Å². The summed E-state index contributed by atoms with van der Waals surface area (Å²) in [5.41, 5.74) is 2.43. The number of aliphatic hydroxyl groups is 1. The van der Waals surface area contributed by atoms with Gasteiger partial charge in [0.2, 0.25) is 0 Å². The second kappa shape index (κ2) is 11.0. The summed E-state index contributed by atoms with van der Waals surface area (Å²) in [4.78, 5) is 32.2. The van der Waals surface area contributed by atoms with E-state index in [4.69, 9.17) is 14.2 Å². The zero-order valence-corrected chi connectivity index (χ0v) is 20.9. The van der Waals surface area contributed by atoms with Crippen molar-refractivity contribution in [2.45, 2.75) is 19.5 Å². The fraction of sp³-hybridized carbons (Fsp3) is 0.207. The Labute approximate surface area is 215 Å². The molecule has 1 atom stereocenters. The molecular formula is C29H28N2O6. The molecule has 0 bridgehead atoms. The molecule has 4 rings (SSSR count). The summed E-state index contributed by atoms with van der Waals surface area (Å²) in [5, 5.41) is 11.5. The van der Waals surface area contributed by atoms with Gasteiger partial charge in [0.05, 0.1) is 25.8 Å². The van der Waals surface area contributed by atoms with Crippen LogP contribution < -0.4 is 14.2 Å². The minimum atomic E-state index is -0.865. The number of hydrogen-bond donors (Lipinski definition) is 1. The number of ether oxygens (including phenoxy) is 3. The largest absolute Gasteiger partial charge is 0.507 e. The van der Waals surface area contributed by atoms with E-state index in [1.54, 1.807) is 67.9 Å². The van der Waals surface area contributed by atoms with E-state index in [0.29, 0.717) is 40.5 Å². The number of benzene rings is 2. The van der Waals surface area contributed by atoms with Gasteiger partial charge in [0.15, 0.2) is 11.5 Å². The third-order valence-electron chi connectivity index (χ3n) is 6.16. The van der Waals surface area contributed by atoms with Gasteiger partial charge >= 0.3 is 0 Å². The molecule has 0 unspecified atom stereocenters. The number of aryl methyl sites for hydroxylation is 1. The Balaban J connectivity index is 1.87. The van der Waals surface area contributed by atoms with E-state index in [2.05, 4.69) is 11.6 Å². The highest BCUT2D eigenvalue weighted by atomic mass is 16.5. The lowest BCUT2D eigenvalue weighted by atomic mass is 9.93. The molecule has 8 heteroatoms. The number of ketones is 1. The average Bonchev–Trinajstić information content (AvgIpc) is 3.16. The predicted octanol–water partition coefficient (Wildman–Crippen LogP) is 4.59. The number of pyridine rings is 1. The Kier molecular flexibility index (Phi) is 7.57. The van der Waals surface area contributed by atoms with E-state index in [1.165, 1.54) is 19.1 Å². The minimum Gasteiger partial charge on any atom is -0.507 e. The van der Waals surface area contributed by atoms with Crippen LogP contribution in [0.25, 0.3) is 5.76 Å². The normalized spacial score (nSPS) is 16.5. The Morgan fingerprint density at radius 2 is 1.89 bits per heavy atom. The summed E-state index contributed by atoms with van der Waals surface area (Å²) in [6.07, 6.45) is 4.90. The number of methoxy groups -OCH3 is 2. The molecule has 0 radical (unpaired) electrons. The van der Waals surface area contributed by atoms with E-state index < -0.39 is 17.7 Å². The average molecular weight is 501 g/mol. The Hall–Kier alpha value is -4.59. The maximum Gasteiger partial charge on any atom is 0.295 e. The number of amides is 1. The third-order valence-corrected chi connectivity index (χ3v) is 6.16. The first-order valence-electron chi connectivity index (χ1n) is 11.6. The molecule has 1 N–H and O–H groups in total. The summed E-state index contributed by atoms with van der Waals surface area (Å²) >= 11 is 0. The van der Waals surface area contributed by atoms with Crippen molar-refractivity contribution in [1.82, 2.24) is 9.88 Å². The number of nitrogens with zero attached hydrogens (tertiary/aromatic N) is 2. The number of aromatic nitrogens is 1. The highest BCUT2D eigenvalue weighted by Gasteiger charge is 2.46. The van der Waals surface area contributed by atoms with Crippen LogP contribution >= 0.6 is 0 Å². The summed E-state index contributed by atoms with van der Waals surface area (Å²) in [5.74, 6) is -0.211. The fourth-order valence-electron chi connectivity index (χ4n) is 4.39. The number of carbonyl (C=O) groups excluding carboxylic acids is 2. The van der Waals surface area contributed by atoms with E-state index in [0.717, 1.165) is 5.56 Å². The van der Waals surface area contributed by atoms with Gasteiger partial charge in [-0.15, -0.1) is 0 Å². The smallest absolute Gasteiger partial charge is 0.295 e. The highest BCUT2D eigenvalue weighted by molar-refractivity contribution is 6.46. The first-order valence-corrected chi connectivity index (χ1v) is 11.6. The van der Waals surface area contributed by atoms with Gasteiger partial charge in [-0.2, -0.15) is 0 Å². The van der Waals surface area contributed by atoms with Gasteiger partial charge in [0, 0.05) is 24.5 Å². The zero-order chi connectivity index (χ0) is 26.5. The van der Waals surface area contributed by atoms with Crippen molar-refractivity contribution in [3.8, 4) is 17.2 Å². The quantitative estimate of drug-likeness (QED) is 0.199. The van der Waals surface area contributed by atoms with E-state index in [-0.39, 0.29) is 17.9 Å². The van der Waals surface area contributed by atoms with Crippen molar-refractivity contribution < 1.29 is 28.9 Å². The molecule has 0 saturated carbocycles. The number of rotatable bonds is 9. The van der Waals surface area contributed by atoms with Gasteiger partial charge in [-0.05, 0) is 60.0 Å². The molecule has 1 aliphatic rings.